The molecule has 0 bridgehead atoms. The van der Waals surface area contributed by atoms with Gasteiger partial charge in [0.15, 0.2) is 5.82 Å². The molecule has 0 amide bonds. The molecule has 0 saturated carbocycles. The highest BCUT2D eigenvalue weighted by Crippen LogP contribution is 2.31. The standard InChI is InChI=1S/C11H10N4O/c1-2-8-12-7-5-3-4-6-9(7)10(13-8)14-15-11(6)16/h3-5H,2H2,1H3,(H,15,16)(H,12,13,14). The van der Waals surface area contributed by atoms with Gasteiger partial charge in [0.25, 0.3) is 5.56 Å². The van der Waals surface area contributed by atoms with Crippen LogP contribution in [0, 0.1) is 0 Å². The Morgan fingerprint density at radius 3 is 3.06 bits per heavy atom. The van der Waals surface area contributed by atoms with E-state index in [2.05, 4.69) is 20.5 Å². The number of H-pyrrole nitrogens is 1. The molecule has 1 aromatic heterocycles. The van der Waals surface area contributed by atoms with Crippen LogP contribution in [0.3, 0.4) is 0 Å². The van der Waals surface area contributed by atoms with Crippen molar-refractivity contribution in [1.82, 2.24) is 10.2 Å². The minimum Gasteiger partial charge on any atom is -0.343 e. The fraction of sp³-hybridized carbons (Fsp3) is 0.182. The maximum absolute atomic E-state index is 11.6. The van der Waals surface area contributed by atoms with Crippen molar-refractivity contribution in [3.8, 4) is 0 Å². The van der Waals surface area contributed by atoms with Crippen LogP contribution in [0.5, 0.6) is 0 Å². The molecule has 0 atom stereocenters. The molecule has 0 unspecified atom stereocenters. The average Bonchev–Trinajstić information content (AvgIpc) is 2.33. The molecule has 0 fully saturated rings. The lowest BCUT2D eigenvalue weighted by molar-refractivity contribution is 1.00. The van der Waals surface area contributed by atoms with E-state index in [0.29, 0.717) is 11.2 Å². The summed E-state index contributed by atoms with van der Waals surface area (Å²) in [4.78, 5) is 15.9. The minimum atomic E-state index is -0.183. The molecule has 1 aliphatic rings. The summed E-state index contributed by atoms with van der Waals surface area (Å²) in [7, 11) is 0. The van der Waals surface area contributed by atoms with Crippen LogP contribution >= 0.6 is 0 Å². The molecule has 0 radical (unpaired) electrons. The quantitative estimate of drug-likeness (QED) is 0.760. The van der Waals surface area contributed by atoms with Crippen LogP contribution in [0.2, 0.25) is 0 Å². The molecular formula is C11H10N4O. The van der Waals surface area contributed by atoms with Gasteiger partial charge in [0.05, 0.1) is 16.5 Å². The highest BCUT2D eigenvalue weighted by Gasteiger charge is 2.15. The van der Waals surface area contributed by atoms with Crippen LogP contribution in [0.4, 0.5) is 11.5 Å². The second-order valence-electron chi connectivity index (χ2n) is 3.64. The Morgan fingerprint density at radius 1 is 1.38 bits per heavy atom. The Labute approximate surface area is 91.2 Å². The summed E-state index contributed by atoms with van der Waals surface area (Å²) in [5.74, 6) is 1.44. The molecule has 5 nitrogen and oxygen atoms in total. The number of rotatable bonds is 1. The third-order valence-corrected chi connectivity index (χ3v) is 2.65. The average molecular weight is 214 g/mol. The van der Waals surface area contributed by atoms with Gasteiger partial charge in [-0.3, -0.25) is 4.79 Å². The number of anilines is 1. The Balaban J connectivity index is 2.45. The summed E-state index contributed by atoms with van der Waals surface area (Å²) in [5, 5.41) is 11.0. The van der Waals surface area contributed by atoms with E-state index < -0.39 is 0 Å². The third kappa shape index (κ3) is 1.14. The molecule has 3 rings (SSSR count). The van der Waals surface area contributed by atoms with Gasteiger partial charge in [0, 0.05) is 6.42 Å². The van der Waals surface area contributed by atoms with E-state index in [1.54, 1.807) is 6.07 Å². The molecule has 2 N–H and O–H groups in total. The Bertz CT molecular complexity index is 657. The number of hydrogen-bond acceptors (Lipinski definition) is 4. The lowest BCUT2D eigenvalue weighted by Crippen LogP contribution is -2.17. The van der Waals surface area contributed by atoms with E-state index in [-0.39, 0.29) is 5.56 Å². The molecular weight excluding hydrogens is 204 g/mol. The summed E-state index contributed by atoms with van der Waals surface area (Å²) in [5.41, 5.74) is 0.718. The van der Waals surface area contributed by atoms with Gasteiger partial charge < -0.3 is 5.32 Å². The van der Waals surface area contributed by atoms with Crippen LogP contribution in [0.25, 0.3) is 10.8 Å². The highest BCUT2D eigenvalue weighted by molar-refractivity contribution is 6.12. The van der Waals surface area contributed by atoms with Crippen LogP contribution < -0.4 is 10.9 Å². The lowest BCUT2D eigenvalue weighted by Gasteiger charge is -2.16. The first-order chi connectivity index (χ1) is 7.79. The second kappa shape index (κ2) is 3.16. The fourth-order valence-corrected chi connectivity index (χ4v) is 1.87. The second-order valence-corrected chi connectivity index (χ2v) is 3.64. The molecule has 1 aromatic carbocycles. The number of nitrogens with zero attached hydrogens (tertiary/aromatic N) is 2. The molecule has 5 heteroatoms. The van der Waals surface area contributed by atoms with Crippen LogP contribution in [0.1, 0.15) is 13.3 Å². The topological polar surface area (TPSA) is 70.1 Å². The molecule has 80 valence electrons. The third-order valence-electron chi connectivity index (χ3n) is 2.65. The molecule has 2 heterocycles. The normalized spacial score (nSPS) is 13.4. The first-order valence-corrected chi connectivity index (χ1v) is 5.15. The van der Waals surface area contributed by atoms with E-state index in [1.165, 1.54) is 0 Å². The number of hydrogen-bond donors (Lipinski definition) is 2. The van der Waals surface area contributed by atoms with Crippen molar-refractivity contribution in [2.24, 2.45) is 4.99 Å². The van der Waals surface area contributed by atoms with Crippen LogP contribution in [-0.2, 0) is 0 Å². The van der Waals surface area contributed by atoms with Crippen molar-refractivity contribution < 1.29 is 0 Å². The van der Waals surface area contributed by atoms with Crippen molar-refractivity contribution in [3.05, 3.63) is 28.6 Å². The van der Waals surface area contributed by atoms with E-state index in [1.807, 2.05) is 19.1 Å². The minimum absolute atomic E-state index is 0.183. The van der Waals surface area contributed by atoms with Crippen LogP contribution in [-0.4, -0.2) is 16.0 Å². The zero-order valence-corrected chi connectivity index (χ0v) is 8.74. The van der Waals surface area contributed by atoms with Crippen molar-refractivity contribution in [1.29, 1.82) is 0 Å². The zero-order valence-electron chi connectivity index (χ0n) is 8.74. The van der Waals surface area contributed by atoms with E-state index in [0.717, 1.165) is 23.3 Å². The Hall–Kier alpha value is -2.17. The van der Waals surface area contributed by atoms with Gasteiger partial charge in [-0.05, 0) is 12.1 Å². The molecule has 2 aromatic rings. The number of nitrogens with one attached hydrogen (secondary N) is 2. The lowest BCUT2D eigenvalue weighted by atomic mass is 10.1. The highest BCUT2D eigenvalue weighted by atomic mass is 16.1. The molecule has 0 aliphatic carbocycles. The largest absolute Gasteiger partial charge is 0.343 e. The number of aromatic nitrogens is 2. The van der Waals surface area contributed by atoms with Crippen molar-refractivity contribution in [3.63, 3.8) is 0 Å². The van der Waals surface area contributed by atoms with Gasteiger partial charge in [-0.2, -0.15) is 5.10 Å². The monoisotopic (exact) mass is 214 g/mol. The summed E-state index contributed by atoms with van der Waals surface area (Å²) in [6, 6.07) is 5.55. The summed E-state index contributed by atoms with van der Waals surface area (Å²) in [6.07, 6.45) is 0.802. The number of aliphatic imine (C=N–C) groups is 1. The Morgan fingerprint density at radius 2 is 2.25 bits per heavy atom. The van der Waals surface area contributed by atoms with Gasteiger partial charge in [0.1, 0.15) is 5.84 Å². The predicted molar refractivity (Wildman–Crippen MR) is 63.4 cm³/mol. The summed E-state index contributed by atoms with van der Waals surface area (Å²) in [6.45, 7) is 2.02. The SMILES string of the molecule is CCC1=Nc2n[nH]c(=O)c3cccc(c23)N1. The molecule has 16 heavy (non-hydrogen) atoms. The predicted octanol–water partition coefficient (Wildman–Crippen LogP) is 1.79. The number of benzene rings is 1. The summed E-state index contributed by atoms with van der Waals surface area (Å²) >= 11 is 0. The van der Waals surface area contributed by atoms with Gasteiger partial charge in [-0.25, -0.2) is 10.1 Å². The Kier molecular flexibility index (Phi) is 1.80. The van der Waals surface area contributed by atoms with Crippen molar-refractivity contribution in [2.45, 2.75) is 13.3 Å². The first kappa shape index (κ1) is 9.08. The molecule has 1 aliphatic heterocycles. The number of aromatic amines is 1. The van der Waals surface area contributed by atoms with Crippen LogP contribution in [0.15, 0.2) is 28.0 Å². The molecule has 0 saturated heterocycles. The number of amidine groups is 1. The maximum atomic E-state index is 11.6. The van der Waals surface area contributed by atoms with E-state index >= 15 is 0 Å². The maximum Gasteiger partial charge on any atom is 0.272 e. The van der Waals surface area contributed by atoms with E-state index in [9.17, 15) is 4.79 Å². The van der Waals surface area contributed by atoms with Gasteiger partial charge in [-0.1, -0.05) is 13.0 Å². The summed E-state index contributed by atoms with van der Waals surface area (Å²) < 4.78 is 0. The van der Waals surface area contributed by atoms with Gasteiger partial charge >= 0.3 is 0 Å². The van der Waals surface area contributed by atoms with Crippen molar-refractivity contribution >= 4 is 28.1 Å². The van der Waals surface area contributed by atoms with E-state index in [4.69, 9.17) is 0 Å². The fourth-order valence-electron chi connectivity index (χ4n) is 1.87. The first-order valence-electron chi connectivity index (χ1n) is 5.15. The molecule has 0 spiro atoms. The van der Waals surface area contributed by atoms with Crippen molar-refractivity contribution in [2.75, 3.05) is 5.32 Å². The van der Waals surface area contributed by atoms with Gasteiger partial charge in [-0.15, -0.1) is 0 Å². The smallest absolute Gasteiger partial charge is 0.272 e. The zero-order chi connectivity index (χ0) is 11.1. The van der Waals surface area contributed by atoms with Gasteiger partial charge in [0.2, 0.25) is 0 Å².